The summed E-state index contributed by atoms with van der Waals surface area (Å²) in [7, 11) is 2.09. The van der Waals surface area contributed by atoms with E-state index >= 15 is 0 Å². The molecule has 21 heavy (non-hydrogen) atoms. The number of amides is 2. The number of hydrogen-bond acceptors (Lipinski definition) is 5. The highest BCUT2D eigenvalue weighted by molar-refractivity contribution is 5.75. The van der Waals surface area contributed by atoms with Crippen molar-refractivity contribution in [1.82, 2.24) is 24.7 Å². The summed E-state index contributed by atoms with van der Waals surface area (Å²) in [6, 6.07) is 0.133. The van der Waals surface area contributed by atoms with Gasteiger partial charge in [-0.25, -0.2) is 9.78 Å². The summed E-state index contributed by atoms with van der Waals surface area (Å²) in [6.07, 6.45) is 5.68. The maximum atomic E-state index is 12.5. The molecule has 2 aliphatic heterocycles. The molecule has 114 valence electrons. The molecule has 1 aromatic rings. The summed E-state index contributed by atoms with van der Waals surface area (Å²) in [6.45, 7) is 4.87. The van der Waals surface area contributed by atoms with Gasteiger partial charge in [-0.2, -0.15) is 0 Å². The fourth-order valence-electron chi connectivity index (χ4n) is 2.71. The number of likely N-dealkylation sites (tertiary alicyclic amines) is 1. The van der Waals surface area contributed by atoms with Gasteiger partial charge in [0.05, 0.1) is 12.7 Å². The molecule has 2 aliphatic rings. The van der Waals surface area contributed by atoms with Crippen molar-refractivity contribution < 1.29 is 9.53 Å². The smallest absolute Gasteiger partial charge is 0.320 e. The maximum Gasteiger partial charge on any atom is 0.320 e. The molecule has 0 aliphatic carbocycles. The predicted octanol–water partition coefficient (Wildman–Crippen LogP) is 0.297. The second-order valence-electron chi connectivity index (χ2n) is 5.59. The number of nitrogens with zero attached hydrogens (tertiary/aromatic N) is 5. The summed E-state index contributed by atoms with van der Waals surface area (Å²) in [5.41, 5.74) is 0. The van der Waals surface area contributed by atoms with Gasteiger partial charge in [-0.1, -0.05) is 0 Å². The molecular weight excluding hydrogens is 270 g/mol. The van der Waals surface area contributed by atoms with E-state index in [4.69, 9.17) is 4.74 Å². The molecular formula is C14H21N5O2. The summed E-state index contributed by atoms with van der Waals surface area (Å²) >= 11 is 0. The minimum atomic E-state index is 0.0121. The zero-order valence-corrected chi connectivity index (χ0v) is 12.3. The Kier molecular flexibility index (Phi) is 4.19. The molecule has 3 rings (SSSR count). The fraction of sp³-hybridized carbons (Fsp3) is 0.643. The SMILES string of the molecule is CN1CCN(C(=O)N2CC[C@@H](Oc3cnccn3)C2)CC1. The van der Waals surface area contributed by atoms with Gasteiger partial charge in [0.2, 0.25) is 5.88 Å². The molecule has 7 nitrogen and oxygen atoms in total. The quantitative estimate of drug-likeness (QED) is 0.784. The maximum absolute atomic E-state index is 12.5. The van der Waals surface area contributed by atoms with E-state index in [1.807, 2.05) is 9.80 Å². The molecule has 2 saturated heterocycles. The Morgan fingerprint density at radius 2 is 2.00 bits per heavy atom. The first kappa shape index (κ1) is 14.1. The summed E-state index contributed by atoms with van der Waals surface area (Å²) < 4.78 is 5.77. The van der Waals surface area contributed by atoms with Gasteiger partial charge >= 0.3 is 6.03 Å². The van der Waals surface area contributed by atoms with Crippen LogP contribution in [0, 0.1) is 0 Å². The molecule has 0 aromatic carbocycles. The van der Waals surface area contributed by atoms with E-state index < -0.39 is 0 Å². The van der Waals surface area contributed by atoms with Gasteiger partial charge in [0.1, 0.15) is 6.10 Å². The van der Waals surface area contributed by atoms with Gasteiger partial charge in [-0.05, 0) is 7.05 Å². The van der Waals surface area contributed by atoms with Crippen molar-refractivity contribution in [3.8, 4) is 5.88 Å². The van der Waals surface area contributed by atoms with Crippen LogP contribution in [0.5, 0.6) is 5.88 Å². The van der Waals surface area contributed by atoms with Crippen LogP contribution in [0.15, 0.2) is 18.6 Å². The normalized spacial score (nSPS) is 23.4. The molecule has 0 saturated carbocycles. The Morgan fingerprint density at radius 3 is 2.71 bits per heavy atom. The molecule has 0 radical (unpaired) electrons. The Hall–Kier alpha value is -1.89. The second kappa shape index (κ2) is 6.26. The largest absolute Gasteiger partial charge is 0.471 e. The molecule has 7 heteroatoms. The van der Waals surface area contributed by atoms with Crippen LogP contribution in [0.4, 0.5) is 4.79 Å². The summed E-state index contributed by atoms with van der Waals surface area (Å²) in [4.78, 5) is 26.6. The Bertz CT molecular complexity index is 476. The van der Waals surface area contributed by atoms with Crippen LogP contribution in [0.25, 0.3) is 0 Å². The van der Waals surface area contributed by atoms with E-state index in [2.05, 4.69) is 21.9 Å². The number of likely N-dealkylation sites (N-methyl/N-ethyl adjacent to an activating group) is 1. The van der Waals surface area contributed by atoms with Crippen LogP contribution in [-0.2, 0) is 0 Å². The third-order valence-corrected chi connectivity index (χ3v) is 4.02. The first-order chi connectivity index (χ1) is 10.2. The zero-order valence-electron chi connectivity index (χ0n) is 12.3. The average Bonchev–Trinajstić information content (AvgIpc) is 2.97. The number of hydrogen-bond donors (Lipinski definition) is 0. The Balaban J connectivity index is 1.51. The number of aromatic nitrogens is 2. The lowest BCUT2D eigenvalue weighted by Crippen LogP contribution is -2.51. The van der Waals surface area contributed by atoms with Crippen molar-refractivity contribution in [3.63, 3.8) is 0 Å². The van der Waals surface area contributed by atoms with E-state index in [1.165, 1.54) is 0 Å². The highest BCUT2D eigenvalue weighted by Crippen LogP contribution is 2.17. The van der Waals surface area contributed by atoms with Crippen molar-refractivity contribution in [2.24, 2.45) is 0 Å². The van der Waals surface area contributed by atoms with Gasteiger partial charge in [0.25, 0.3) is 0 Å². The van der Waals surface area contributed by atoms with Crippen LogP contribution in [0.2, 0.25) is 0 Å². The van der Waals surface area contributed by atoms with Crippen LogP contribution >= 0.6 is 0 Å². The highest BCUT2D eigenvalue weighted by Gasteiger charge is 2.31. The highest BCUT2D eigenvalue weighted by atomic mass is 16.5. The molecule has 0 N–H and O–H groups in total. The van der Waals surface area contributed by atoms with Gasteiger partial charge in [-0.3, -0.25) is 4.98 Å². The summed E-state index contributed by atoms with van der Waals surface area (Å²) in [5, 5.41) is 0. The number of carbonyl (C=O) groups is 1. The molecule has 1 atom stereocenters. The van der Waals surface area contributed by atoms with Crippen LogP contribution in [0.1, 0.15) is 6.42 Å². The number of rotatable bonds is 2. The van der Waals surface area contributed by atoms with Gasteiger partial charge < -0.3 is 19.4 Å². The van der Waals surface area contributed by atoms with E-state index in [9.17, 15) is 4.79 Å². The topological polar surface area (TPSA) is 61.8 Å². The first-order valence-electron chi connectivity index (χ1n) is 7.37. The molecule has 2 amide bonds. The molecule has 1 aromatic heterocycles. The van der Waals surface area contributed by atoms with Crippen LogP contribution in [0.3, 0.4) is 0 Å². The molecule has 0 spiro atoms. The number of ether oxygens (including phenoxy) is 1. The third-order valence-electron chi connectivity index (χ3n) is 4.02. The third kappa shape index (κ3) is 3.41. The molecule has 3 heterocycles. The summed E-state index contributed by atoms with van der Waals surface area (Å²) in [5.74, 6) is 0.524. The van der Waals surface area contributed by atoms with E-state index in [0.717, 1.165) is 39.1 Å². The Morgan fingerprint density at radius 1 is 1.19 bits per heavy atom. The van der Waals surface area contributed by atoms with Crippen molar-refractivity contribution in [3.05, 3.63) is 18.6 Å². The van der Waals surface area contributed by atoms with E-state index in [-0.39, 0.29) is 12.1 Å². The van der Waals surface area contributed by atoms with Gasteiger partial charge in [0.15, 0.2) is 0 Å². The minimum absolute atomic E-state index is 0.0121. The second-order valence-corrected chi connectivity index (χ2v) is 5.59. The molecule has 0 unspecified atom stereocenters. The standard InChI is InChI=1S/C14H21N5O2/c1-17-6-8-18(9-7-17)14(20)19-5-2-12(11-19)21-13-10-15-3-4-16-13/h3-4,10,12H,2,5-9,11H2,1H3/t12-/m1/s1. The predicted molar refractivity (Wildman–Crippen MR) is 77.1 cm³/mol. The lowest BCUT2D eigenvalue weighted by atomic mass is 10.3. The van der Waals surface area contributed by atoms with Gasteiger partial charge in [0, 0.05) is 51.5 Å². The average molecular weight is 291 g/mol. The van der Waals surface area contributed by atoms with Crippen LogP contribution < -0.4 is 4.74 Å². The van der Waals surface area contributed by atoms with Crippen molar-refractivity contribution >= 4 is 6.03 Å². The van der Waals surface area contributed by atoms with E-state index in [0.29, 0.717) is 12.4 Å². The number of urea groups is 1. The number of piperazine rings is 1. The first-order valence-corrected chi connectivity index (χ1v) is 7.37. The van der Waals surface area contributed by atoms with E-state index in [1.54, 1.807) is 18.6 Å². The fourth-order valence-corrected chi connectivity index (χ4v) is 2.71. The number of carbonyl (C=O) groups excluding carboxylic acids is 1. The lowest BCUT2D eigenvalue weighted by Gasteiger charge is -2.34. The molecule has 0 bridgehead atoms. The van der Waals surface area contributed by atoms with Gasteiger partial charge in [-0.15, -0.1) is 0 Å². The van der Waals surface area contributed by atoms with Crippen molar-refractivity contribution in [1.29, 1.82) is 0 Å². The Labute approximate surface area is 124 Å². The van der Waals surface area contributed by atoms with Crippen LogP contribution in [-0.4, -0.2) is 83.1 Å². The zero-order chi connectivity index (χ0) is 14.7. The van der Waals surface area contributed by atoms with Crippen molar-refractivity contribution in [2.75, 3.05) is 46.3 Å². The molecule has 2 fully saturated rings. The van der Waals surface area contributed by atoms with Crippen molar-refractivity contribution in [2.45, 2.75) is 12.5 Å². The minimum Gasteiger partial charge on any atom is -0.471 e. The lowest BCUT2D eigenvalue weighted by molar-refractivity contribution is 0.123. The monoisotopic (exact) mass is 291 g/mol.